The zero-order chi connectivity index (χ0) is 25.2. The van der Waals surface area contributed by atoms with Gasteiger partial charge in [0.15, 0.2) is 0 Å². The molecule has 2 N–H and O–H groups in total. The highest BCUT2D eigenvalue weighted by Gasteiger charge is 2.33. The van der Waals surface area contributed by atoms with Crippen molar-refractivity contribution >= 4 is 23.2 Å². The molecule has 180 valence electrons. The lowest BCUT2D eigenvalue weighted by molar-refractivity contribution is -0.138. The molecule has 1 aromatic carbocycles. The van der Waals surface area contributed by atoms with E-state index in [2.05, 4.69) is 25.6 Å². The molecule has 0 aliphatic rings. The minimum absolute atomic E-state index is 0.0886. The maximum atomic E-state index is 14.7. The van der Waals surface area contributed by atoms with Gasteiger partial charge >= 0.3 is 6.18 Å². The Kier molecular flexibility index (Phi) is 6.50. The molecule has 3 heterocycles. The molecule has 11 heteroatoms. The fraction of sp³-hybridized carbons (Fsp3) is 0.167. The fourth-order valence-electron chi connectivity index (χ4n) is 3.38. The van der Waals surface area contributed by atoms with E-state index >= 15 is 0 Å². The van der Waals surface area contributed by atoms with Gasteiger partial charge in [-0.3, -0.25) is 9.78 Å². The number of rotatable bonds is 6. The number of carbonyl (C=O) groups is 1. The number of halogens is 4. The van der Waals surface area contributed by atoms with Gasteiger partial charge in [0, 0.05) is 43.1 Å². The summed E-state index contributed by atoms with van der Waals surface area (Å²) < 4.78 is 55.7. The summed E-state index contributed by atoms with van der Waals surface area (Å²) in [4.78, 5) is 24.4. The second-order valence-electron chi connectivity index (χ2n) is 7.87. The van der Waals surface area contributed by atoms with E-state index in [1.54, 1.807) is 18.5 Å². The molecule has 0 radical (unpaired) electrons. The van der Waals surface area contributed by atoms with Crippen LogP contribution in [0.2, 0.25) is 0 Å². The molecule has 1 amide bonds. The first-order valence-corrected chi connectivity index (χ1v) is 10.4. The summed E-state index contributed by atoms with van der Waals surface area (Å²) >= 11 is 0. The maximum absolute atomic E-state index is 14.7. The van der Waals surface area contributed by atoms with Gasteiger partial charge in [-0.15, -0.1) is 0 Å². The van der Waals surface area contributed by atoms with Crippen molar-refractivity contribution in [3.8, 4) is 11.1 Å². The lowest BCUT2D eigenvalue weighted by atomic mass is 10.0. The zero-order valence-corrected chi connectivity index (χ0v) is 18.7. The zero-order valence-electron chi connectivity index (χ0n) is 18.7. The van der Waals surface area contributed by atoms with Crippen LogP contribution in [0.25, 0.3) is 11.1 Å². The van der Waals surface area contributed by atoms with Gasteiger partial charge in [0.1, 0.15) is 5.82 Å². The van der Waals surface area contributed by atoms with E-state index in [-0.39, 0.29) is 23.4 Å². The SMILES string of the molecule is Cc1ncc(NC(=O)Cc2ccc(-c3cnc(Nc4ccn(C)c4)nc3)cc2F)cc1C(F)(F)F. The number of hydrogen-bond acceptors (Lipinski definition) is 5. The van der Waals surface area contributed by atoms with Crippen LogP contribution in [0.1, 0.15) is 16.8 Å². The van der Waals surface area contributed by atoms with E-state index in [0.29, 0.717) is 17.1 Å². The van der Waals surface area contributed by atoms with Crippen molar-refractivity contribution in [2.24, 2.45) is 7.05 Å². The second kappa shape index (κ2) is 9.53. The van der Waals surface area contributed by atoms with Gasteiger partial charge in [-0.25, -0.2) is 14.4 Å². The molecule has 0 bridgehead atoms. The first kappa shape index (κ1) is 23.9. The van der Waals surface area contributed by atoms with Crippen LogP contribution in [0.4, 0.5) is 34.9 Å². The molecule has 0 spiro atoms. The number of benzene rings is 1. The predicted octanol–water partition coefficient (Wildman–Crippen LogP) is 5.27. The van der Waals surface area contributed by atoms with Crippen molar-refractivity contribution in [1.29, 1.82) is 0 Å². The largest absolute Gasteiger partial charge is 0.418 e. The summed E-state index contributed by atoms with van der Waals surface area (Å²) in [5.41, 5.74) is 0.726. The normalized spacial score (nSPS) is 11.4. The van der Waals surface area contributed by atoms with Gasteiger partial charge in [-0.1, -0.05) is 12.1 Å². The van der Waals surface area contributed by atoms with Gasteiger partial charge in [-0.2, -0.15) is 13.2 Å². The van der Waals surface area contributed by atoms with Crippen molar-refractivity contribution in [1.82, 2.24) is 19.5 Å². The molecule has 35 heavy (non-hydrogen) atoms. The number of carbonyl (C=O) groups excluding carboxylic acids is 1. The van der Waals surface area contributed by atoms with Crippen LogP contribution in [-0.4, -0.2) is 25.4 Å². The minimum Gasteiger partial charge on any atom is -0.355 e. The van der Waals surface area contributed by atoms with E-state index in [1.807, 2.05) is 30.1 Å². The molecule has 0 aliphatic heterocycles. The number of alkyl halides is 3. The molecule has 0 atom stereocenters. The number of nitrogens with zero attached hydrogens (tertiary/aromatic N) is 4. The van der Waals surface area contributed by atoms with Crippen molar-refractivity contribution < 1.29 is 22.4 Å². The summed E-state index contributed by atoms with van der Waals surface area (Å²) in [6.07, 6.45) is 2.99. The first-order chi connectivity index (χ1) is 16.6. The number of hydrogen-bond donors (Lipinski definition) is 2. The number of aromatic nitrogens is 4. The highest BCUT2D eigenvalue weighted by molar-refractivity contribution is 5.92. The number of nitrogens with one attached hydrogen (secondary N) is 2. The second-order valence-corrected chi connectivity index (χ2v) is 7.87. The Morgan fingerprint density at radius 2 is 1.74 bits per heavy atom. The Labute approximate surface area is 197 Å². The van der Waals surface area contributed by atoms with Crippen LogP contribution in [0, 0.1) is 12.7 Å². The monoisotopic (exact) mass is 484 g/mol. The summed E-state index contributed by atoms with van der Waals surface area (Å²) in [5, 5.41) is 5.39. The Morgan fingerprint density at radius 3 is 2.37 bits per heavy atom. The first-order valence-electron chi connectivity index (χ1n) is 10.4. The average Bonchev–Trinajstić information content (AvgIpc) is 3.20. The van der Waals surface area contributed by atoms with Crippen LogP contribution in [-0.2, 0) is 24.4 Å². The molecule has 0 saturated carbocycles. The lowest BCUT2D eigenvalue weighted by Crippen LogP contribution is -2.17. The van der Waals surface area contributed by atoms with Crippen molar-refractivity contribution in [2.75, 3.05) is 10.6 Å². The molecule has 0 aliphatic carbocycles. The third-order valence-electron chi connectivity index (χ3n) is 5.15. The van der Waals surface area contributed by atoms with Crippen LogP contribution in [0.5, 0.6) is 0 Å². The van der Waals surface area contributed by atoms with E-state index in [9.17, 15) is 22.4 Å². The Morgan fingerprint density at radius 1 is 1.00 bits per heavy atom. The summed E-state index contributed by atoms with van der Waals surface area (Å²) in [5.74, 6) is -0.926. The van der Waals surface area contributed by atoms with Crippen LogP contribution in [0.15, 0.2) is 61.3 Å². The quantitative estimate of drug-likeness (QED) is 0.365. The molecule has 7 nitrogen and oxygen atoms in total. The van der Waals surface area contributed by atoms with E-state index in [1.165, 1.54) is 19.1 Å². The molecule has 3 aromatic heterocycles. The van der Waals surface area contributed by atoms with Crippen LogP contribution >= 0.6 is 0 Å². The number of amides is 1. The average molecular weight is 484 g/mol. The third kappa shape index (κ3) is 5.81. The smallest absolute Gasteiger partial charge is 0.355 e. The van der Waals surface area contributed by atoms with Crippen LogP contribution < -0.4 is 10.6 Å². The predicted molar refractivity (Wildman–Crippen MR) is 122 cm³/mol. The Bertz CT molecular complexity index is 1370. The van der Waals surface area contributed by atoms with Gasteiger partial charge in [0.25, 0.3) is 0 Å². The third-order valence-corrected chi connectivity index (χ3v) is 5.15. The summed E-state index contributed by atoms with van der Waals surface area (Å²) in [7, 11) is 1.89. The standard InChI is InChI=1S/C24H20F4N6O/c1-14-20(24(26,27)28)9-19(12-29-14)32-22(35)8-16-4-3-15(7-21(16)25)17-10-30-23(31-11-17)33-18-5-6-34(2)13-18/h3-7,9-13H,8H2,1-2H3,(H,32,35)(H,30,31,33). The Balaban J connectivity index is 1.42. The van der Waals surface area contributed by atoms with Gasteiger partial charge in [-0.05, 0) is 36.2 Å². The van der Waals surface area contributed by atoms with Crippen molar-refractivity contribution in [3.05, 3.63) is 84.0 Å². The molecule has 4 rings (SSSR count). The maximum Gasteiger partial charge on any atom is 0.418 e. The summed E-state index contributed by atoms with van der Waals surface area (Å²) in [6.45, 7) is 1.23. The molecule has 0 fully saturated rings. The lowest BCUT2D eigenvalue weighted by Gasteiger charge is -2.12. The number of pyridine rings is 1. The fourth-order valence-corrected chi connectivity index (χ4v) is 3.38. The van der Waals surface area contributed by atoms with Gasteiger partial charge < -0.3 is 15.2 Å². The highest BCUT2D eigenvalue weighted by atomic mass is 19.4. The molecular weight excluding hydrogens is 464 g/mol. The van der Waals surface area contributed by atoms with E-state index in [4.69, 9.17) is 0 Å². The molecule has 0 saturated heterocycles. The number of anilines is 3. The van der Waals surface area contributed by atoms with E-state index < -0.39 is 23.5 Å². The van der Waals surface area contributed by atoms with Crippen molar-refractivity contribution in [3.63, 3.8) is 0 Å². The van der Waals surface area contributed by atoms with E-state index in [0.717, 1.165) is 18.0 Å². The van der Waals surface area contributed by atoms with Gasteiger partial charge in [0.2, 0.25) is 11.9 Å². The highest BCUT2D eigenvalue weighted by Crippen LogP contribution is 2.32. The molecule has 0 unspecified atom stereocenters. The van der Waals surface area contributed by atoms with Crippen LogP contribution in [0.3, 0.4) is 0 Å². The van der Waals surface area contributed by atoms with Gasteiger partial charge in [0.05, 0.1) is 29.6 Å². The number of aryl methyl sites for hydroxylation is 2. The summed E-state index contributed by atoms with van der Waals surface area (Å²) in [6, 6.07) is 6.97. The topological polar surface area (TPSA) is 84.7 Å². The minimum atomic E-state index is -4.60. The van der Waals surface area contributed by atoms with Crippen molar-refractivity contribution in [2.45, 2.75) is 19.5 Å². The molecular formula is C24H20F4N6O. The Hall–Kier alpha value is -4.28. The molecule has 4 aromatic rings.